The number of carbonyl (C=O) groups excluding carboxylic acids is 2. The highest BCUT2D eigenvalue weighted by Crippen LogP contribution is 2.69. The number of nitrogens with zero attached hydrogens (tertiary/aromatic N) is 2. The molecule has 222 valence electrons. The molecule has 44 heavy (non-hydrogen) atoms. The number of aromatic amines is 1. The lowest BCUT2D eigenvalue weighted by Gasteiger charge is -2.43. The molecule has 3 aromatic carbocycles. The molecule has 2 amide bonds. The van der Waals surface area contributed by atoms with Gasteiger partial charge in [0.2, 0.25) is 11.8 Å². The molecule has 2 aliphatic heterocycles. The number of non-ortho nitro benzene ring substituents is 1. The molecule has 4 aromatic rings. The third-order valence-corrected chi connectivity index (χ3v) is 12.7. The van der Waals surface area contributed by atoms with Gasteiger partial charge in [-0.3, -0.25) is 29.4 Å². The van der Waals surface area contributed by atoms with Gasteiger partial charge in [0, 0.05) is 38.2 Å². The quantitative estimate of drug-likeness (QED) is 0.142. The van der Waals surface area contributed by atoms with Crippen LogP contribution < -0.4 is 14.5 Å². The van der Waals surface area contributed by atoms with Crippen molar-refractivity contribution in [2.45, 2.75) is 29.2 Å². The fourth-order valence-corrected chi connectivity index (χ4v) is 11.2. The van der Waals surface area contributed by atoms with Gasteiger partial charge in [-0.15, -0.1) is 11.8 Å². The van der Waals surface area contributed by atoms with Crippen molar-refractivity contribution in [3.8, 4) is 5.75 Å². The lowest BCUT2D eigenvalue weighted by molar-refractivity contribution is -0.384. The zero-order valence-electron chi connectivity index (χ0n) is 22.9. The highest BCUT2D eigenvalue weighted by Gasteiger charge is 2.69. The molecule has 4 aliphatic rings. The Labute approximate surface area is 267 Å². The van der Waals surface area contributed by atoms with E-state index in [1.54, 1.807) is 11.8 Å². The van der Waals surface area contributed by atoms with Crippen LogP contribution in [0.25, 0.3) is 0 Å². The maximum atomic E-state index is 14.0. The molecule has 1 saturated heterocycles. The summed E-state index contributed by atoms with van der Waals surface area (Å²) in [7, 11) is 0. The maximum absolute atomic E-state index is 14.0. The number of fused-ring (bicyclic) bond motifs is 9. The van der Waals surface area contributed by atoms with Gasteiger partial charge in [0.25, 0.3) is 5.69 Å². The number of nitro benzene ring substituents is 1. The summed E-state index contributed by atoms with van der Waals surface area (Å²) in [5.74, 6) is -1.01. The lowest BCUT2D eigenvalue weighted by Crippen LogP contribution is -2.42. The number of aromatic nitrogens is 1. The molecular weight excluding hydrogens is 666 g/mol. The second-order valence-electron chi connectivity index (χ2n) is 11.7. The first-order valence-electron chi connectivity index (χ1n) is 14.3. The van der Waals surface area contributed by atoms with Crippen molar-refractivity contribution < 1.29 is 19.2 Å². The Morgan fingerprint density at radius 1 is 0.977 bits per heavy atom. The number of thiazole rings is 1. The van der Waals surface area contributed by atoms with Crippen LogP contribution in [0.2, 0.25) is 0 Å². The molecule has 2 aliphatic carbocycles. The molecule has 0 radical (unpaired) electrons. The van der Waals surface area contributed by atoms with Gasteiger partial charge >= 0.3 is 4.87 Å². The van der Waals surface area contributed by atoms with Crippen molar-refractivity contribution in [3.05, 3.63) is 113 Å². The molecule has 3 heterocycles. The van der Waals surface area contributed by atoms with Gasteiger partial charge in [0.15, 0.2) is 0 Å². The summed E-state index contributed by atoms with van der Waals surface area (Å²) < 4.78 is 7.30. The van der Waals surface area contributed by atoms with Gasteiger partial charge in [-0.05, 0) is 60.1 Å². The number of rotatable bonds is 6. The van der Waals surface area contributed by atoms with Crippen LogP contribution in [0.15, 0.2) is 87.1 Å². The number of benzene rings is 3. The first kappa shape index (κ1) is 27.8. The summed E-state index contributed by atoms with van der Waals surface area (Å²) in [6.07, 6.45) is 0.757. The van der Waals surface area contributed by atoms with Crippen molar-refractivity contribution in [3.63, 3.8) is 0 Å². The molecule has 8 rings (SSSR count). The van der Waals surface area contributed by atoms with Gasteiger partial charge in [-0.25, -0.2) is 0 Å². The Hall–Kier alpha value is -3.74. The number of hydrogen-bond donors (Lipinski definition) is 1. The summed E-state index contributed by atoms with van der Waals surface area (Å²) in [5, 5.41) is 12.0. The number of thioether (sulfide) groups is 1. The minimum atomic E-state index is -0.503. The highest BCUT2D eigenvalue weighted by molar-refractivity contribution is 9.10. The average Bonchev–Trinajstić information content (AvgIpc) is 3.76. The van der Waals surface area contributed by atoms with Crippen LogP contribution in [0.4, 0.5) is 11.4 Å². The fraction of sp³-hybridized carbons (Fsp3) is 0.281. The molecule has 2 saturated carbocycles. The minimum Gasteiger partial charge on any atom is -0.489 e. The van der Waals surface area contributed by atoms with E-state index in [1.165, 1.54) is 40.5 Å². The number of imide groups is 1. The van der Waals surface area contributed by atoms with E-state index in [9.17, 15) is 24.5 Å². The number of hydrogen-bond acceptors (Lipinski definition) is 8. The van der Waals surface area contributed by atoms with Crippen molar-refractivity contribution in [1.82, 2.24) is 4.98 Å². The number of H-pyrrole nitrogens is 1. The standard InChI is InChI=1S/C32H24BrN3O6S2/c33-16-6-11-22(42-14-15-4-2-1-3-5-15)19(12-16)23-24-20-13-21(27(24)43-29-28(23)44-32(39)34-29)26-25(20)30(37)35(31(26)38)17-7-9-18(10-8-17)36(40)41/h1-12,20-21,23-27H,13-14H2,(H,34,39)/t20-,21-,23+,24+,25+,26+,27-/m1/s1. The van der Waals surface area contributed by atoms with Gasteiger partial charge in [-0.1, -0.05) is 57.6 Å². The van der Waals surface area contributed by atoms with Crippen LogP contribution in [0.3, 0.4) is 0 Å². The van der Waals surface area contributed by atoms with E-state index in [0.29, 0.717) is 12.3 Å². The van der Waals surface area contributed by atoms with Crippen molar-refractivity contribution in [2.75, 3.05) is 4.90 Å². The number of carbonyl (C=O) groups is 2. The van der Waals surface area contributed by atoms with E-state index in [-0.39, 0.29) is 51.3 Å². The van der Waals surface area contributed by atoms with Crippen LogP contribution in [-0.2, 0) is 16.2 Å². The van der Waals surface area contributed by atoms with E-state index in [2.05, 4.69) is 27.0 Å². The van der Waals surface area contributed by atoms with Crippen LogP contribution >= 0.6 is 39.0 Å². The van der Waals surface area contributed by atoms with Crippen molar-refractivity contribution in [1.29, 1.82) is 0 Å². The number of ether oxygens (including phenoxy) is 1. The summed E-state index contributed by atoms with van der Waals surface area (Å²) in [6.45, 7) is 0.384. The number of amides is 2. The lowest BCUT2D eigenvalue weighted by atomic mass is 9.68. The molecule has 9 nitrogen and oxygen atoms in total. The fourth-order valence-electron chi connectivity index (χ4n) is 7.97. The van der Waals surface area contributed by atoms with Crippen LogP contribution in [0, 0.1) is 39.7 Å². The third-order valence-electron chi connectivity index (χ3n) is 9.59. The molecule has 1 N–H and O–H groups in total. The Balaban J connectivity index is 1.19. The molecule has 0 unspecified atom stereocenters. The maximum Gasteiger partial charge on any atom is 0.305 e. The second-order valence-corrected chi connectivity index (χ2v) is 14.8. The molecular formula is C32H24BrN3O6S2. The largest absolute Gasteiger partial charge is 0.489 e. The number of halogens is 1. The van der Waals surface area contributed by atoms with Crippen molar-refractivity contribution in [2.24, 2.45) is 29.6 Å². The first-order chi connectivity index (χ1) is 21.3. The van der Waals surface area contributed by atoms with E-state index in [4.69, 9.17) is 4.74 Å². The highest BCUT2D eigenvalue weighted by atomic mass is 79.9. The molecule has 1 aromatic heterocycles. The SMILES string of the molecule is O=C1[C@H]2[C@H]3C[C@@H]([C@@H]2C(=O)N1c1ccc([N+](=O)[O-])cc1)[C@H]1[C@H](c2cc(Br)ccc2OCc2ccccc2)c2sc(=O)[nH]c2S[C@H]31. The molecule has 7 atom stereocenters. The topological polar surface area (TPSA) is 123 Å². The minimum absolute atomic E-state index is 0.00661. The Morgan fingerprint density at radius 2 is 1.70 bits per heavy atom. The van der Waals surface area contributed by atoms with Gasteiger partial charge in [0.1, 0.15) is 12.4 Å². The first-order valence-corrected chi connectivity index (χ1v) is 16.8. The monoisotopic (exact) mass is 689 g/mol. The summed E-state index contributed by atoms with van der Waals surface area (Å²) in [4.78, 5) is 56.4. The summed E-state index contributed by atoms with van der Waals surface area (Å²) in [6, 6.07) is 21.5. The smallest absolute Gasteiger partial charge is 0.305 e. The molecule has 3 fully saturated rings. The molecule has 0 spiro atoms. The number of nitro groups is 1. The van der Waals surface area contributed by atoms with Gasteiger partial charge in [0.05, 0.1) is 27.5 Å². The Kier molecular flexibility index (Phi) is 6.58. The molecule has 2 bridgehead atoms. The Bertz CT molecular complexity index is 1890. The average molecular weight is 691 g/mol. The summed E-state index contributed by atoms with van der Waals surface area (Å²) in [5.41, 5.74) is 2.25. The predicted molar refractivity (Wildman–Crippen MR) is 169 cm³/mol. The van der Waals surface area contributed by atoms with E-state index in [0.717, 1.165) is 37.7 Å². The van der Waals surface area contributed by atoms with Gasteiger partial charge < -0.3 is 9.72 Å². The van der Waals surface area contributed by atoms with Crippen molar-refractivity contribution >= 4 is 62.2 Å². The van der Waals surface area contributed by atoms with Gasteiger partial charge in [-0.2, -0.15) is 0 Å². The van der Waals surface area contributed by atoms with Crippen LogP contribution in [0.1, 0.15) is 28.3 Å². The Morgan fingerprint density at radius 3 is 2.43 bits per heavy atom. The summed E-state index contributed by atoms with van der Waals surface area (Å²) >= 11 is 6.49. The number of anilines is 1. The van der Waals surface area contributed by atoms with E-state index in [1.807, 2.05) is 42.5 Å². The number of nitrogens with one attached hydrogen (secondary N) is 1. The zero-order valence-corrected chi connectivity index (χ0v) is 26.1. The van der Waals surface area contributed by atoms with Crippen LogP contribution in [0.5, 0.6) is 5.75 Å². The molecule has 12 heteroatoms. The second kappa shape index (κ2) is 10.4. The third kappa shape index (κ3) is 4.21. The zero-order chi connectivity index (χ0) is 30.3. The van der Waals surface area contributed by atoms with E-state index >= 15 is 0 Å². The normalized spacial score (nSPS) is 28.1. The van der Waals surface area contributed by atoms with E-state index < -0.39 is 16.8 Å². The van der Waals surface area contributed by atoms with Crippen LogP contribution in [-0.4, -0.2) is 27.0 Å². The predicted octanol–water partition coefficient (Wildman–Crippen LogP) is 6.36.